The number of Topliss-reactive ketones (excluding diaryl/α,β-unsaturated/α-hetero) is 1. The third-order valence-electron chi connectivity index (χ3n) is 3.90. The van der Waals surface area contributed by atoms with E-state index in [0.29, 0.717) is 17.5 Å². The molecule has 0 spiro atoms. The molecule has 106 valence electrons. The zero-order valence-electron chi connectivity index (χ0n) is 11.5. The number of rotatable bonds is 2. The number of carbonyl (C=O) groups excluding carboxylic acids is 2. The van der Waals surface area contributed by atoms with Crippen molar-refractivity contribution in [3.63, 3.8) is 0 Å². The molecule has 3 rings (SSSR count). The fourth-order valence-corrected chi connectivity index (χ4v) is 2.93. The topological polar surface area (TPSA) is 74.6 Å². The highest BCUT2D eigenvalue weighted by molar-refractivity contribution is 6.18. The Morgan fingerprint density at radius 1 is 1.00 bits per heavy atom. The Morgan fingerprint density at radius 2 is 1.48 bits per heavy atom. The Morgan fingerprint density at radius 3 is 1.90 bits per heavy atom. The molecule has 0 amide bonds. The Kier molecular flexibility index (Phi) is 3.01. The van der Waals surface area contributed by atoms with E-state index in [4.69, 9.17) is 0 Å². The van der Waals surface area contributed by atoms with Crippen molar-refractivity contribution in [2.75, 3.05) is 0 Å². The van der Waals surface area contributed by atoms with Crippen molar-refractivity contribution in [1.29, 1.82) is 0 Å². The summed E-state index contributed by atoms with van der Waals surface area (Å²) in [6.45, 7) is 1.75. The lowest BCUT2D eigenvalue weighted by atomic mass is 9.74. The van der Waals surface area contributed by atoms with Gasteiger partial charge in [-0.15, -0.1) is 0 Å². The molecule has 4 heteroatoms. The molecular formula is C17H14O4. The number of phenols is 2. The standard InChI is InChI=1S/C17H14O4/c1-2-11(18)14-9-5-3-7-12(19)15(9)17(21)16-10(14)6-4-8-13(16)20/h3-8,14,19-20H,2H2,1H3. The van der Waals surface area contributed by atoms with Crippen LogP contribution in [-0.2, 0) is 4.79 Å². The number of aromatic hydroxyl groups is 2. The number of carbonyl (C=O) groups is 2. The van der Waals surface area contributed by atoms with Gasteiger partial charge in [-0.3, -0.25) is 9.59 Å². The van der Waals surface area contributed by atoms with Crippen molar-refractivity contribution in [3.8, 4) is 11.5 Å². The Labute approximate surface area is 121 Å². The van der Waals surface area contributed by atoms with Gasteiger partial charge in [0.1, 0.15) is 17.3 Å². The van der Waals surface area contributed by atoms with Gasteiger partial charge in [0.25, 0.3) is 0 Å². The van der Waals surface area contributed by atoms with Gasteiger partial charge in [0.2, 0.25) is 5.78 Å². The van der Waals surface area contributed by atoms with Crippen LogP contribution in [-0.4, -0.2) is 21.8 Å². The SMILES string of the molecule is CCC(=O)C1c2cccc(O)c2C(=O)c2c(O)cccc21. The predicted molar refractivity (Wildman–Crippen MR) is 76.8 cm³/mol. The molecule has 0 aromatic heterocycles. The molecule has 1 aliphatic carbocycles. The van der Waals surface area contributed by atoms with E-state index >= 15 is 0 Å². The molecule has 1 aliphatic rings. The first-order valence-corrected chi connectivity index (χ1v) is 6.77. The third kappa shape index (κ3) is 1.83. The van der Waals surface area contributed by atoms with Crippen molar-refractivity contribution in [2.45, 2.75) is 19.3 Å². The maximum absolute atomic E-state index is 12.6. The quantitative estimate of drug-likeness (QED) is 0.888. The highest BCUT2D eigenvalue weighted by atomic mass is 16.3. The summed E-state index contributed by atoms with van der Waals surface area (Å²) in [7, 11) is 0. The summed E-state index contributed by atoms with van der Waals surface area (Å²) >= 11 is 0. The van der Waals surface area contributed by atoms with Gasteiger partial charge in [0, 0.05) is 6.42 Å². The van der Waals surface area contributed by atoms with Gasteiger partial charge in [-0.25, -0.2) is 0 Å². The predicted octanol–water partition coefficient (Wildman–Crippen LogP) is 2.75. The van der Waals surface area contributed by atoms with Crippen molar-refractivity contribution in [3.05, 3.63) is 58.7 Å². The van der Waals surface area contributed by atoms with Gasteiger partial charge in [-0.1, -0.05) is 31.2 Å². The van der Waals surface area contributed by atoms with Gasteiger partial charge in [-0.2, -0.15) is 0 Å². The highest BCUT2D eigenvalue weighted by Crippen LogP contribution is 2.43. The molecule has 0 bridgehead atoms. The molecule has 2 N–H and O–H groups in total. The molecule has 0 radical (unpaired) electrons. The van der Waals surface area contributed by atoms with Gasteiger partial charge < -0.3 is 10.2 Å². The maximum Gasteiger partial charge on any atom is 0.201 e. The lowest BCUT2D eigenvalue weighted by molar-refractivity contribution is -0.119. The molecule has 4 nitrogen and oxygen atoms in total. The Hall–Kier alpha value is -2.62. The number of hydrogen-bond acceptors (Lipinski definition) is 4. The summed E-state index contributed by atoms with van der Waals surface area (Å²) in [5.74, 6) is -1.46. The molecule has 0 saturated carbocycles. The van der Waals surface area contributed by atoms with E-state index in [2.05, 4.69) is 0 Å². The van der Waals surface area contributed by atoms with E-state index in [9.17, 15) is 19.8 Å². The second kappa shape index (κ2) is 4.74. The minimum absolute atomic E-state index is 0.0544. The summed E-state index contributed by atoms with van der Waals surface area (Å²) < 4.78 is 0. The molecule has 0 aliphatic heterocycles. The van der Waals surface area contributed by atoms with Crippen LogP contribution in [0.3, 0.4) is 0 Å². The zero-order valence-corrected chi connectivity index (χ0v) is 11.5. The highest BCUT2D eigenvalue weighted by Gasteiger charge is 2.37. The number of phenolic OH excluding ortho intramolecular Hbond substituents is 2. The molecule has 0 heterocycles. The molecule has 21 heavy (non-hydrogen) atoms. The van der Waals surface area contributed by atoms with Gasteiger partial charge in [0.15, 0.2) is 0 Å². The summed E-state index contributed by atoms with van der Waals surface area (Å²) in [5.41, 5.74) is 1.23. The first-order chi connectivity index (χ1) is 10.1. The number of benzene rings is 2. The minimum atomic E-state index is -0.628. The molecule has 0 saturated heterocycles. The summed E-state index contributed by atoms with van der Waals surface area (Å²) in [6, 6.07) is 9.41. The number of fused-ring (bicyclic) bond motifs is 2. The van der Waals surface area contributed by atoms with Crippen LogP contribution in [0, 0.1) is 0 Å². The molecule has 0 fully saturated rings. The van der Waals surface area contributed by atoms with E-state index in [1.165, 1.54) is 12.1 Å². The summed E-state index contributed by atoms with van der Waals surface area (Å²) in [6.07, 6.45) is 0.309. The van der Waals surface area contributed by atoms with Crippen LogP contribution in [0.5, 0.6) is 11.5 Å². The van der Waals surface area contributed by atoms with E-state index in [0.717, 1.165) is 0 Å². The molecule has 0 unspecified atom stereocenters. The van der Waals surface area contributed by atoms with Crippen LogP contribution in [0.25, 0.3) is 0 Å². The monoisotopic (exact) mass is 282 g/mol. The summed E-state index contributed by atoms with van der Waals surface area (Å²) in [5, 5.41) is 20.0. The smallest absolute Gasteiger partial charge is 0.201 e. The normalized spacial score (nSPS) is 13.7. The van der Waals surface area contributed by atoms with Crippen LogP contribution in [0.15, 0.2) is 36.4 Å². The van der Waals surface area contributed by atoms with Crippen molar-refractivity contribution < 1.29 is 19.8 Å². The summed E-state index contributed by atoms with van der Waals surface area (Å²) in [4.78, 5) is 24.9. The van der Waals surface area contributed by atoms with E-state index in [1.54, 1.807) is 31.2 Å². The van der Waals surface area contributed by atoms with Crippen molar-refractivity contribution >= 4 is 11.6 Å². The molecule has 2 aromatic rings. The van der Waals surface area contributed by atoms with Crippen molar-refractivity contribution in [1.82, 2.24) is 0 Å². The minimum Gasteiger partial charge on any atom is -0.507 e. The average molecular weight is 282 g/mol. The number of hydrogen-bond donors (Lipinski definition) is 2. The van der Waals surface area contributed by atoms with E-state index < -0.39 is 11.7 Å². The fraction of sp³-hybridized carbons (Fsp3) is 0.176. The first kappa shape index (κ1) is 13.4. The van der Waals surface area contributed by atoms with Crippen LogP contribution < -0.4 is 0 Å². The Balaban J connectivity index is 2.37. The zero-order chi connectivity index (χ0) is 15.1. The van der Waals surface area contributed by atoms with Crippen molar-refractivity contribution in [2.24, 2.45) is 0 Å². The fourth-order valence-electron chi connectivity index (χ4n) is 2.93. The molecular weight excluding hydrogens is 268 g/mol. The largest absolute Gasteiger partial charge is 0.507 e. The van der Waals surface area contributed by atoms with E-state index in [1.807, 2.05) is 0 Å². The van der Waals surface area contributed by atoms with Gasteiger partial charge >= 0.3 is 0 Å². The second-order valence-electron chi connectivity index (χ2n) is 5.06. The van der Waals surface area contributed by atoms with Gasteiger partial charge in [0.05, 0.1) is 17.0 Å². The van der Waals surface area contributed by atoms with Crippen LogP contribution >= 0.6 is 0 Å². The van der Waals surface area contributed by atoms with Gasteiger partial charge in [-0.05, 0) is 23.3 Å². The molecule has 0 atom stereocenters. The maximum atomic E-state index is 12.6. The lowest BCUT2D eigenvalue weighted by Gasteiger charge is -2.27. The van der Waals surface area contributed by atoms with Crippen LogP contribution in [0.4, 0.5) is 0 Å². The number of ketones is 2. The average Bonchev–Trinajstić information content (AvgIpc) is 2.47. The molecule has 2 aromatic carbocycles. The second-order valence-corrected chi connectivity index (χ2v) is 5.06. The lowest BCUT2D eigenvalue weighted by Crippen LogP contribution is -2.24. The van der Waals surface area contributed by atoms with Crippen LogP contribution in [0.1, 0.15) is 46.3 Å². The van der Waals surface area contributed by atoms with E-state index in [-0.39, 0.29) is 28.4 Å². The third-order valence-corrected chi connectivity index (χ3v) is 3.90. The first-order valence-electron chi connectivity index (χ1n) is 6.77. The van der Waals surface area contributed by atoms with Crippen LogP contribution in [0.2, 0.25) is 0 Å². The Bertz CT molecular complexity index is 706.